The molecule has 0 bridgehead atoms. The van der Waals surface area contributed by atoms with E-state index >= 15 is 0 Å². The van der Waals surface area contributed by atoms with Gasteiger partial charge in [0, 0.05) is 11.8 Å². The molecular formula is C40H50O4S. The number of benzene rings is 3. The average Bonchev–Trinajstić information content (AvgIpc) is 3.33. The molecule has 0 saturated carbocycles. The number of hydrogen-bond donors (Lipinski definition) is 0. The summed E-state index contributed by atoms with van der Waals surface area (Å²) >= 11 is 0. The second kappa shape index (κ2) is 13.8. The number of ether oxygens (including phenoxy) is 2. The topological polar surface area (TPSA) is 52.6 Å². The second-order valence-electron chi connectivity index (χ2n) is 13.1. The van der Waals surface area contributed by atoms with E-state index in [-0.39, 0.29) is 21.3 Å². The Morgan fingerprint density at radius 1 is 0.644 bits per heavy atom. The van der Waals surface area contributed by atoms with Gasteiger partial charge >= 0.3 is 0 Å². The molecule has 45 heavy (non-hydrogen) atoms. The molecule has 0 aromatic heterocycles. The van der Waals surface area contributed by atoms with Crippen molar-refractivity contribution < 1.29 is 17.9 Å². The maximum Gasteiger partial charge on any atom is 0.203 e. The van der Waals surface area contributed by atoms with Crippen LogP contribution in [0.2, 0.25) is 0 Å². The zero-order valence-corrected chi connectivity index (χ0v) is 29.1. The zero-order chi connectivity index (χ0) is 32.9. The van der Waals surface area contributed by atoms with E-state index in [0.29, 0.717) is 22.8 Å². The summed E-state index contributed by atoms with van der Waals surface area (Å²) < 4.78 is 39.3. The summed E-state index contributed by atoms with van der Waals surface area (Å²) in [4.78, 5) is 0.667. The van der Waals surface area contributed by atoms with Crippen molar-refractivity contribution in [1.29, 1.82) is 0 Å². The summed E-state index contributed by atoms with van der Waals surface area (Å²) in [5.41, 5.74) is 3.20. The average molecular weight is 627 g/mol. The van der Waals surface area contributed by atoms with Crippen LogP contribution in [0.5, 0.6) is 17.2 Å². The predicted molar refractivity (Wildman–Crippen MR) is 187 cm³/mol. The normalized spacial score (nSPS) is 14.4. The lowest BCUT2D eigenvalue weighted by Crippen LogP contribution is -2.30. The summed E-state index contributed by atoms with van der Waals surface area (Å²) in [7, 11) is -3.62. The highest BCUT2D eigenvalue weighted by Gasteiger charge is 2.27. The number of rotatable bonds is 13. The highest BCUT2D eigenvalue weighted by atomic mass is 32.2. The van der Waals surface area contributed by atoms with Crippen LogP contribution in [0.1, 0.15) is 98.6 Å². The fraction of sp³-hybridized carbons (Fsp3) is 0.400. The van der Waals surface area contributed by atoms with E-state index in [2.05, 4.69) is 97.9 Å². The highest BCUT2D eigenvalue weighted by molar-refractivity contribution is 7.95. The lowest BCUT2D eigenvalue weighted by atomic mass is 9.77. The third-order valence-electron chi connectivity index (χ3n) is 10.0. The largest absolute Gasteiger partial charge is 0.488 e. The molecule has 0 amide bonds. The Kier molecular flexibility index (Phi) is 10.5. The molecule has 0 radical (unpaired) electrons. The van der Waals surface area contributed by atoms with Gasteiger partial charge in [0.05, 0.1) is 9.80 Å². The van der Waals surface area contributed by atoms with Gasteiger partial charge in [-0.15, -0.1) is 0 Å². The Bertz CT molecular complexity index is 1630. The molecule has 1 aliphatic rings. The molecular weight excluding hydrogens is 577 g/mol. The maximum atomic E-state index is 13.5. The van der Waals surface area contributed by atoms with Gasteiger partial charge in [0.2, 0.25) is 9.84 Å². The van der Waals surface area contributed by atoms with E-state index in [9.17, 15) is 8.42 Å². The van der Waals surface area contributed by atoms with E-state index in [1.165, 1.54) is 11.1 Å². The molecule has 5 heteroatoms. The first-order valence-corrected chi connectivity index (χ1v) is 17.8. The van der Waals surface area contributed by atoms with Crippen molar-refractivity contribution in [2.45, 2.75) is 103 Å². The minimum absolute atomic E-state index is 0.0331. The lowest BCUT2D eigenvalue weighted by molar-refractivity contribution is 0.0802. The highest BCUT2D eigenvalue weighted by Crippen LogP contribution is 2.38. The summed E-state index contributed by atoms with van der Waals surface area (Å²) in [6.07, 6.45) is 12.1. The molecule has 0 heterocycles. The van der Waals surface area contributed by atoms with Crippen molar-refractivity contribution in [3.05, 3.63) is 119 Å². The maximum absolute atomic E-state index is 13.5. The predicted octanol–water partition coefficient (Wildman–Crippen LogP) is 11.1. The molecule has 4 rings (SSSR count). The third-order valence-corrected chi connectivity index (χ3v) is 11.9. The molecule has 1 aliphatic carbocycles. The molecule has 0 saturated heterocycles. The van der Waals surface area contributed by atoms with Gasteiger partial charge in [-0.25, -0.2) is 8.42 Å². The van der Waals surface area contributed by atoms with Crippen LogP contribution in [0, 0.1) is 5.41 Å². The fourth-order valence-electron chi connectivity index (χ4n) is 5.57. The van der Waals surface area contributed by atoms with Gasteiger partial charge < -0.3 is 9.47 Å². The molecule has 0 atom stereocenters. The molecule has 3 aromatic rings. The van der Waals surface area contributed by atoms with Crippen molar-refractivity contribution in [1.82, 2.24) is 0 Å². The van der Waals surface area contributed by atoms with Crippen LogP contribution in [0.4, 0.5) is 0 Å². The zero-order valence-electron chi connectivity index (χ0n) is 28.3. The summed E-state index contributed by atoms with van der Waals surface area (Å²) in [6.45, 7) is 17.5. The molecule has 0 aliphatic heterocycles. The Balaban J connectivity index is 1.45. The first-order valence-electron chi connectivity index (χ1n) is 16.3. The van der Waals surface area contributed by atoms with Crippen molar-refractivity contribution >= 4 is 9.84 Å². The minimum Gasteiger partial charge on any atom is -0.488 e. The Hall–Kier alpha value is -3.57. The Morgan fingerprint density at radius 3 is 1.62 bits per heavy atom. The minimum atomic E-state index is -3.62. The standard InChI is InChI=1S/C40H50O4S/c1-9-39(7,10-2)32-14-13-15-36(27-20-32)45(41,42)37-28-25-34(26-29-37)43-33-21-16-30(17-22-33)38(5,6)31-18-23-35(24-19-31)44-40(8,11-3)12-4/h13-14,16-29H,9-12,15H2,1-8H3. The molecule has 0 spiro atoms. The summed E-state index contributed by atoms with van der Waals surface area (Å²) in [5, 5.41) is 0. The van der Waals surface area contributed by atoms with Gasteiger partial charge in [-0.3, -0.25) is 0 Å². The van der Waals surface area contributed by atoms with Crippen LogP contribution in [0.3, 0.4) is 0 Å². The summed E-state index contributed by atoms with van der Waals surface area (Å²) in [5.74, 6) is 2.17. The van der Waals surface area contributed by atoms with Crippen LogP contribution in [-0.4, -0.2) is 14.0 Å². The lowest BCUT2D eigenvalue weighted by Gasteiger charge is -2.30. The van der Waals surface area contributed by atoms with Crippen LogP contribution >= 0.6 is 0 Å². The quantitative estimate of drug-likeness (QED) is 0.189. The number of hydrogen-bond acceptors (Lipinski definition) is 4. The van der Waals surface area contributed by atoms with Crippen molar-refractivity contribution in [2.75, 3.05) is 0 Å². The number of sulfone groups is 1. The van der Waals surface area contributed by atoms with Crippen LogP contribution in [0.25, 0.3) is 0 Å². The van der Waals surface area contributed by atoms with Crippen molar-refractivity contribution in [3.8, 4) is 17.2 Å². The van der Waals surface area contributed by atoms with Gasteiger partial charge in [0.25, 0.3) is 0 Å². The molecule has 0 fully saturated rings. The number of allylic oxidation sites excluding steroid dienone is 6. The van der Waals surface area contributed by atoms with Crippen molar-refractivity contribution in [2.24, 2.45) is 5.41 Å². The molecule has 3 aromatic carbocycles. The fourth-order valence-corrected chi connectivity index (χ4v) is 6.93. The van der Waals surface area contributed by atoms with E-state index < -0.39 is 9.84 Å². The van der Waals surface area contributed by atoms with Crippen molar-refractivity contribution in [3.63, 3.8) is 0 Å². The first-order chi connectivity index (χ1) is 21.3. The first kappa shape index (κ1) is 34.3. The van der Waals surface area contributed by atoms with Gasteiger partial charge in [-0.1, -0.05) is 91.0 Å². The Labute approximate surface area is 271 Å². The van der Waals surface area contributed by atoms with Crippen LogP contribution in [-0.2, 0) is 15.3 Å². The van der Waals surface area contributed by atoms with E-state index in [4.69, 9.17) is 9.47 Å². The Morgan fingerprint density at radius 2 is 1.13 bits per heavy atom. The van der Waals surface area contributed by atoms with Gasteiger partial charge in [0.15, 0.2) is 0 Å². The third kappa shape index (κ3) is 7.64. The van der Waals surface area contributed by atoms with Crippen LogP contribution in [0.15, 0.2) is 112 Å². The van der Waals surface area contributed by atoms with Gasteiger partial charge in [-0.2, -0.15) is 0 Å². The molecule has 240 valence electrons. The molecule has 0 unspecified atom stereocenters. The smallest absolute Gasteiger partial charge is 0.203 e. The SMILES string of the molecule is CCC(C)(CC)Oc1ccc(C(C)(C)c2ccc(Oc3ccc(S(=O)(=O)C4=CC=C(C(C)(CC)CC)C=CC4)cc3)cc2)cc1. The van der Waals surface area contributed by atoms with Crippen LogP contribution < -0.4 is 9.47 Å². The van der Waals surface area contributed by atoms with Gasteiger partial charge in [-0.05, 0) is 109 Å². The van der Waals surface area contributed by atoms with E-state index in [1.807, 2.05) is 24.3 Å². The molecule has 4 nitrogen and oxygen atoms in total. The second-order valence-corrected chi connectivity index (χ2v) is 15.1. The van der Waals surface area contributed by atoms with E-state index in [1.54, 1.807) is 30.3 Å². The van der Waals surface area contributed by atoms with E-state index in [0.717, 1.165) is 37.0 Å². The summed E-state index contributed by atoms with van der Waals surface area (Å²) in [6, 6.07) is 23.2. The molecule has 0 N–H and O–H groups in total. The monoisotopic (exact) mass is 626 g/mol. The van der Waals surface area contributed by atoms with Gasteiger partial charge in [0.1, 0.15) is 22.8 Å².